The van der Waals surface area contributed by atoms with E-state index in [2.05, 4.69) is 23.7 Å². The van der Waals surface area contributed by atoms with Crippen LogP contribution in [0.1, 0.15) is 78.1 Å². The van der Waals surface area contributed by atoms with Crippen LogP contribution in [0.3, 0.4) is 0 Å². The number of hydrogen-bond donors (Lipinski definition) is 2. The molecule has 0 amide bonds. The summed E-state index contributed by atoms with van der Waals surface area (Å²) >= 11 is 14.4. The van der Waals surface area contributed by atoms with Crippen molar-refractivity contribution < 1.29 is 78.3 Å². The zero-order chi connectivity index (χ0) is 47.9. The molecule has 0 rings (SSSR count). The molecular weight excluding hydrogens is 964 g/mol. The average molecular weight is 1020 g/mol. The normalized spacial score (nSPS) is 16.2. The van der Waals surface area contributed by atoms with Crippen LogP contribution in [-0.2, 0) is 19.1 Å². The maximum atomic E-state index is 13.6. The van der Waals surface area contributed by atoms with Crippen molar-refractivity contribution in [2.45, 2.75) is 118 Å². The van der Waals surface area contributed by atoms with Crippen LogP contribution in [0.2, 0.25) is 0 Å². The topological polar surface area (TPSA) is 113 Å². The van der Waals surface area contributed by atoms with Crippen molar-refractivity contribution in [1.29, 1.82) is 0 Å². The quantitative estimate of drug-likeness (QED) is 0.0481. The number of nitrogens with two attached hydrogens (primary N) is 1. The second kappa shape index (κ2) is 29.4. The molecule has 8 nitrogen and oxygen atoms in total. The Balaban J connectivity index is -0.000000415. The number of rotatable bonds is 22. The summed E-state index contributed by atoms with van der Waals surface area (Å²) in [7, 11) is 5.02. The van der Waals surface area contributed by atoms with Gasteiger partial charge in [0.15, 0.2) is 4.30 Å². The maximum absolute atomic E-state index is 13.6. The van der Waals surface area contributed by atoms with Crippen molar-refractivity contribution in [1.82, 2.24) is 14.5 Å². The summed E-state index contributed by atoms with van der Waals surface area (Å²) in [5.74, 6) is -6.03. The molecule has 59 heavy (non-hydrogen) atoms. The standard InChI is InChI=1S/C15H27F7N2O2S.C10H14ClF7O2S.C5H14N2.CHCl3/c1-13(16,15(20,21)22)11-12(14(17,18)19)7-4-5-10-27(25,26)23-8-6-9-24(2)3;1-8(12,10(16,17)18)6-7(9(13,14)15)4-2-3-5-21(11,19)20;1-7(2)5-3-4-6;2-1(3)4/h12,23H,4-11H2,1-3H3;7H,2-6H2,1H3;3-6H2,1-2H3;1H. The first-order valence-corrected chi connectivity index (χ1v) is 22.9. The van der Waals surface area contributed by atoms with Gasteiger partial charge in [0, 0.05) is 30.1 Å². The monoisotopic (exact) mass is 1020 g/mol. The van der Waals surface area contributed by atoms with Crippen molar-refractivity contribution in [3.63, 3.8) is 0 Å². The maximum Gasteiger partial charge on any atom is 0.422 e. The molecule has 0 saturated heterocycles. The zero-order valence-corrected chi connectivity index (χ0v) is 37.9. The molecule has 0 radical (unpaired) electrons. The van der Waals surface area contributed by atoms with Gasteiger partial charge in [-0.25, -0.2) is 30.3 Å². The molecule has 362 valence electrons. The first kappa shape index (κ1) is 65.5. The van der Waals surface area contributed by atoms with Crippen LogP contribution in [0.25, 0.3) is 0 Å². The minimum absolute atomic E-state index is 0.0506. The van der Waals surface area contributed by atoms with E-state index in [-0.39, 0.29) is 46.1 Å². The van der Waals surface area contributed by atoms with E-state index in [1.165, 1.54) is 0 Å². The number of alkyl halides is 17. The van der Waals surface area contributed by atoms with E-state index in [1.54, 1.807) is 0 Å². The molecule has 0 aliphatic heterocycles. The van der Waals surface area contributed by atoms with Crippen LogP contribution in [-0.4, -0.2) is 133 Å². The lowest BCUT2D eigenvalue weighted by molar-refractivity contribution is -0.249. The second-order valence-electron chi connectivity index (χ2n) is 14.1. The molecule has 0 bridgehead atoms. The number of halogens is 18. The van der Waals surface area contributed by atoms with E-state index in [1.807, 2.05) is 19.0 Å². The van der Waals surface area contributed by atoms with Crippen LogP contribution < -0.4 is 10.5 Å². The third-order valence-electron chi connectivity index (χ3n) is 7.69. The number of nitrogens with zero attached hydrogens (tertiary/aromatic N) is 2. The number of sulfonamides is 1. The van der Waals surface area contributed by atoms with E-state index >= 15 is 0 Å². The van der Waals surface area contributed by atoms with Crippen molar-refractivity contribution >= 4 is 64.6 Å². The Morgan fingerprint density at radius 1 is 0.576 bits per heavy atom. The molecular formula is C31H56Cl4F14N4O4S2. The molecule has 0 aromatic rings. The number of nitrogens with one attached hydrogen (secondary N) is 1. The molecule has 4 unspecified atom stereocenters. The van der Waals surface area contributed by atoms with E-state index in [4.69, 9.17) is 51.2 Å². The minimum Gasteiger partial charge on any atom is -0.330 e. The Hall–Kier alpha value is -0.0800. The van der Waals surface area contributed by atoms with Crippen molar-refractivity contribution in [2.24, 2.45) is 17.6 Å². The molecule has 0 aliphatic rings. The van der Waals surface area contributed by atoms with Crippen molar-refractivity contribution in [3.8, 4) is 0 Å². The summed E-state index contributed by atoms with van der Waals surface area (Å²) in [5.41, 5.74) is -2.68. The first-order chi connectivity index (χ1) is 26.0. The Morgan fingerprint density at radius 3 is 1.15 bits per heavy atom. The summed E-state index contributed by atoms with van der Waals surface area (Å²) in [6, 6.07) is 0. The van der Waals surface area contributed by atoms with Crippen molar-refractivity contribution in [2.75, 3.05) is 65.9 Å². The van der Waals surface area contributed by atoms with E-state index in [0.717, 1.165) is 19.5 Å². The Kier molecular flexibility index (Phi) is 32.6. The molecule has 3 N–H and O–H groups in total. The fourth-order valence-electron chi connectivity index (χ4n) is 4.37. The molecule has 4 atom stereocenters. The van der Waals surface area contributed by atoms with Crippen LogP contribution in [0.15, 0.2) is 0 Å². The summed E-state index contributed by atoms with van der Waals surface area (Å²) in [4.78, 5) is 3.98. The minimum atomic E-state index is -5.41. The predicted molar refractivity (Wildman–Crippen MR) is 205 cm³/mol. The lowest BCUT2D eigenvalue weighted by Gasteiger charge is -2.29. The molecule has 0 heterocycles. The second-order valence-corrected chi connectivity index (χ2v) is 20.9. The third-order valence-corrected chi connectivity index (χ3v) is 10.4. The van der Waals surface area contributed by atoms with Gasteiger partial charge in [0.05, 0.1) is 23.3 Å². The van der Waals surface area contributed by atoms with Crippen LogP contribution >= 0.6 is 45.5 Å². The van der Waals surface area contributed by atoms with Gasteiger partial charge in [-0.15, -0.1) is 0 Å². The third kappa shape index (κ3) is 39.3. The largest absolute Gasteiger partial charge is 0.422 e. The van der Waals surface area contributed by atoms with E-state index in [0.29, 0.717) is 13.0 Å². The van der Waals surface area contributed by atoms with E-state index in [9.17, 15) is 78.3 Å². The van der Waals surface area contributed by atoms with Gasteiger partial charge >= 0.3 is 24.7 Å². The molecule has 0 aliphatic carbocycles. The molecule has 28 heteroatoms. The molecule has 0 fully saturated rings. The van der Waals surface area contributed by atoms with Crippen molar-refractivity contribution in [3.05, 3.63) is 0 Å². The van der Waals surface area contributed by atoms with Gasteiger partial charge in [0.2, 0.25) is 30.4 Å². The first-order valence-electron chi connectivity index (χ1n) is 17.5. The van der Waals surface area contributed by atoms with Gasteiger partial charge in [-0.1, -0.05) is 47.6 Å². The van der Waals surface area contributed by atoms with Gasteiger partial charge in [-0.2, -0.15) is 52.7 Å². The fraction of sp³-hybridized carbons (Fsp3) is 1.00. The summed E-state index contributed by atoms with van der Waals surface area (Å²) in [6.07, 6.45) is -25.2. The Labute approximate surface area is 358 Å². The van der Waals surface area contributed by atoms with Gasteiger partial charge in [0.25, 0.3) is 0 Å². The summed E-state index contributed by atoms with van der Waals surface area (Å²) < 4.78 is 224. The smallest absolute Gasteiger partial charge is 0.330 e. The lowest BCUT2D eigenvalue weighted by Crippen LogP contribution is -2.42. The van der Waals surface area contributed by atoms with Crippen LogP contribution in [0, 0.1) is 11.8 Å². The molecule has 0 aromatic heterocycles. The SMILES string of the molecule is CC(F)(CC(CCCCS(=O)(=O)Cl)C(F)(F)F)C(F)(F)F.CN(C)CCCN.CN(C)CCCNS(=O)(=O)CCCCC(CC(C)(F)C(F)(F)F)C(F)(F)F.ClC(Cl)Cl. The predicted octanol–water partition coefficient (Wildman–Crippen LogP) is 10.4. The molecule has 0 aromatic carbocycles. The number of hydrogen-bond acceptors (Lipinski definition) is 7. The zero-order valence-electron chi connectivity index (χ0n) is 33.3. The Morgan fingerprint density at radius 2 is 0.898 bits per heavy atom. The van der Waals surface area contributed by atoms with Gasteiger partial charge in [0.1, 0.15) is 0 Å². The highest BCUT2D eigenvalue weighted by molar-refractivity contribution is 8.13. The van der Waals surface area contributed by atoms with Gasteiger partial charge < -0.3 is 15.5 Å². The Bertz CT molecular complexity index is 1300. The van der Waals surface area contributed by atoms with E-state index < -0.39 is 108 Å². The average Bonchev–Trinajstić information content (AvgIpc) is 2.99. The molecule has 0 saturated carbocycles. The number of unbranched alkanes of at least 4 members (excludes halogenated alkanes) is 2. The molecule has 0 spiro atoms. The highest BCUT2D eigenvalue weighted by atomic mass is 35.7. The highest BCUT2D eigenvalue weighted by Crippen LogP contribution is 2.45. The summed E-state index contributed by atoms with van der Waals surface area (Å²) in [5, 5.41) is 0. The van der Waals surface area contributed by atoms with Crippen LogP contribution in [0.5, 0.6) is 0 Å². The van der Waals surface area contributed by atoms with Gasteiger partial charge in [-0.3, -0.25) is 0 Å². The highest BCUT2D eigenvalue weighted by Gasteiger charge is 2.57. The lowest BCUT2D eigenvalue weighted by atomic mass is 9.88. The summed E-state index contributed by atoms with van der Waals surface area (Å²) in [6.45, 7) is 2.87. The van der Waals surface area contributed by atoms with Gasteiger partial charge in [-0.05, 0) is 100 Å². The fourth-order valence-corrected chi connectivity index (χ4v) is 6.43. The van der Waals surface area contributed by atoms with Crippen LogP contribution in [0.4, 0.5) is 61.5 Å².